The van der Waals surface area contributed by atoms with E-state index in [9.17, 15) is 10.2 Å². The predicted molar refractivity (Wildman–Crippen MR) is 104 cm³/mol. The van der Waals surface area contributed by atoms with Crippen LogP contribution in [-0.2, 0) is 5.41 Å². The Morgan fingerprint density at radius 3 is 2.26 bits per heavy atom. The summed E-state index contributed by atoms with van der Waals surface area (Å²) in [5.41, 5.74) is 2.45. The van der Waals surface area contributed by atoms with Gasteiger partial charge in [0, 0.05) is 17.4 Å². The summed E-state index contributed by atoms with van der Waals surface area (Å²) in [6, 6.07) is 4.28. The van der Waals surface area contributed by atoms with Crippen molar-refractivity contribution in [2.75, 3.05) is 0 Å². The third kappa shape index (κ3) is 2.36. The zero-order chi connectivity index (χ0) is 18.3. The van der Waals surface area contributed by atoms with Gasteiger partial charge in [0.25, 0.3) is 0 Å². The molecule has 5 aliphatic carbocycles. The molecule has 3 nitrogen and oxygen atoms in total. The molecule has 4 bridgehead atoms. The van der Waals surface area contributed by atoms with Crippen LogP contribution in [0.4, 0.5) is 0 Å². The number of benzene rings is 1. The van der Waals surface area contributed by atoms with Crippen LogP contribution < -0.4 is 4.74 Å². The van der Waals surface area contributed by atoms with Crippen molar-refractivity contribution in [3.63, 3.8) is 0 Å². The lowest BCUT2D eigenvalue weighted by molar-refractivity contribution is -0.00545. The lowest BCUT2D eigenvalue weighted by Crippen LogP contribution is -2.48. The molecule has 0 saturated heterocycles. The molecule has 5 fully saturated rings. The van der Waals surface area contributed by atoms with Gasteiger partial charge < -0.3 is 14.9 Å². The molecule has 3 heteroatoms. The first-order valence-corrected chi connectivity index (χ1v) is 10.9. The number of aliphatic hydroxyl groups excluding tert-OH is 1. The van der Waals surface area contributed by atoms with Crippen molar-refractivity contribution in [1.29, 1.82) is 0 Å². The van der Waals surface area contributed by atoms with Crippen LogP contribution in [0.2, 0.25) is 0 Å². The average Bonchev–Trinajstić information content (AvgIpc) is 2.60. The van der Waals surface area contributed by atoms with Crippen molar-refractivity contribution in [2.45, 2.75) is 75.2 Å². The van der Waals surface area contributed by atoms with Crippen LogP contribution in [0.15, 0.2) is 24.5 Å². The van der Waals surface area contributed by atoms with Gasteiger partial charge in [-0.15, -0.1) is 0 Å². The first kappa shape index (κ1) is 16.5. The van der Waals surface area contributed by atoms with E-state index in [0.717, 1.165) is 47.7 Å². The fourth-order valence-corrected chi connectivity index (χ4v) is 7.91. The number of aromatic hydroxyl groups is 1. The van der Waals surface area contributed by atoms with E-state index in [1.54, 1.807) is 0 Å². The largest absolute Gasteiger partial charge is 0.508 e. The summed E-state index contributed by atoms with van der Waals surface area (Å²) < 4.78 is 6.19. The molecule has 27 heavy (non-hydrogen) atoms. The Morgan fingerprint density at radius 1 is 0.926 bits per heavy atom. The predicted octanol–water partition coefficient (Wildman–Crippen LogP) is 5.01. The molecule has 144 valence electrons. The van der Waals surface area contributed by atoms with Crippen molar-refractivity contribution in [3.8, 4) is 11.5 Å². The summed E-state index contributed by atoms with van der Waals surface area (Å²) in [6.07, 6.45) is 10.2. The molecule has 0 aromatic heterocycles. The van der Waals surface area contributed by atoms with Gasteiger partial charge in [0.1, 0.15) is 17.3 Å². The van der Waals surface area contributed by atoms with Crippen LogP contribution in [0.25, 0.3) is 0 Å². The number of phenolic OH excluding ortho intramolecular Hbond substituents is 1. The van der Waals surface area contributed by atoms with Gasteiger partial charge in [-0.1, -0.05) is 6.58 Å². The molecule has 5 saturated carbocycles. The van der Waals surface area contributed by atoms with Crippen molar-refractivity contribution in [1.82, 2.24) is 0 Å². The summed E-state index contributed by atoms with van der Waals surface area (Å²) in [5.74, 6) is 5.00. The van der Waals surface area contributed by atoms with Crippen LogP contribution in [0.1, 0.15) is 74.8 Å². The highest BCUT2D eigenvalue weighted by Crippen LogP contribution is 2.62. The number of hydrogen-bond acceptors (Lipinski definition) is 3. The fraction of sp³-hybridized carbons (Fsp3) is 0.667. The first-order valence-electron chi connectivity index (χ1n) is 10.9. The molecular formula is C24H30O3. The highest BCUT2D eigenvalue weighted by Gasteiger charge is 2.52. The van der Waals surface area contributed by atoms with E-state index in [0.29, 0.717) is 12.2 Å². The monoisotopic (exact) mass is 366 g/mol. The minimum absolute atomic E-state index is 0.135. The van der Waals surface area contributed by atoms with Gasteiger partial charge in [-0.05, 0) is 98.7 Å². The molecule has 1 heterocycles. The zero-order valence-corrected chi connectivity index (χ0v) is 16.0. The quantitative estimate of drug-likeness (QED) is 0.734. The summed E-state index contributed by atoms with van der Waals surface area (Å²) in [4.78, 5) is 0. The van der Waals surface area contributed by atoms with E-state index >= 15 is 0 Å². The molecule has 3 atom stereocenters. The number of rotatable bonds is 1. The van der Waals surface area contributed by atoms with E-state index < -0.39 is 0 Å². The first-order chi connectivity index (χ1) is 13.0. The second-order valence-corrected chi connectivity index (χ2v) is 10.4. The van der Waals surface area contributed by atoms with Gasteiger partial charge in [0.05, 0.1) is 6.10 Å². The molecular weight excluding hydrogens is 336 g/mol. The maximum atomic E-state index is 11.1. The lowest BCUT2D eigenvalue weighted by Gasteiger charge is -2.57. The van der Waals surface area contributed by atoms with E-state index in [2.05, 4.69) is 18.7 Å². The van der Waals surface area contributed by atoms with Gasteiger partial charge in [0.2, 0.25) is 0 Å². The SMILES string of the molecule is C=C1Oc2cc(C34CC5CC(CC(C5)C3)C4)cc(O)c2[C@@H]2C[C@H](O)CC[C@@H]12. The summed E-state index contributed by atoms with van der Waals surface area (Å²) in [7, 11) is 0. The molecule has 1 aromatic rings. The Bertz CT molecular complexity index is 775. The molecule has 0 radical (unpaired) electrons. The summed E-state index contributed by atoms with van der Waals surface area (Å²) in [6.45, 7) is 4.19. The molecule has 6 aliphatic rings. The number of phenols is 1. The van der Waals surface area contributed by atoms with E-state index in [-0.39, 0.29) is 23.4 Å². The van der Waals surface area contributed by atoms with Crippen molar-refractivity contribution < 1.29 is 14.9 Å². The van der Waals surface area contributed by atoms with Crippen LogP contribution >= 0.6 is 0 Å². The number of aliphatic hydroxyl groups is 1. The molecule has 7 rings (SSSR count). The Hall–Kier alpha value is -1.48. The third-order valence-electron chi connectivity index (χ3n) is 8.62. The van der Waals surface area contributed by atoms with Crippen LogP contribution in [0, 0.1) is 23.7 Å². The lowest BCUT2D eigenvalue weighted by atomic mass is 9.48. The van der Waals surface area contributed by atoms with E-state index in [1.165, 1.54) is 44.1 Å². The minimum Gasteiger partial charge on any atom is -0.508 e. The topological polar surface area (TPSA) is 49.7 Å². The standard InChI is InChI=1S/C24H30O3/c1-13-19-3-2-18(25)9-20(19)23-21(26)7-17(8-22(23)27-13)24-10-14-4-15(11-24)6-16(5-14)12-24/h7-8,14-16,18-20,25-26H,1-6,9-12H2/t14?,15?,16?,18-,19+,20-,24?/m1/s1. The highest BCUT2D eigenvalue weighted by atomic mass is 16.5. The van der Waals surface area contributed by atoms with Gasteiger partial charge in [-0.3, -0.25) is 0 Å². The maximum absolute atomic E-state index is 11.1. The summed E-state index contributed by atoms with van der Waals surface area (Å²) >= 11 is 0. The Kier molecular flexibility index (Phi) is 3.37. The molecule has 2 N–H and O–H groups in total. The minimum atomic E-state index is -0.285. The van der Waals surface area contributed by atoms with E-state index in [4.69, 9.17) is 4.74 Å². The second kappa shape index (κ2) is 5.53. The normalized spacial score (nSPS) is 44.6. The average molecular weight is 367 g/mol. The maximum Gasteiger partial charge on any atom is 0.134 e. The third-order valence-corrected chi connectivity index (χ3v) is 8.62. The molecule has 0 spiro atoms. The number of allylic oxidation sites excluding steroid dienone is 1. The van der Waals surface area contributed by atoms with Crippen LogP contribution in [0.3, 0.4) is 0 Å². The number of fused-ring (bicyclic) bond motifs is 3. The molecule has 1 aromatic carbocycles. The Morgan fingerprint density at radius 2 is 1.59 bits per heavy atom. The Balaban J connectivity index is 1.43. The second-order valence-electron chi connectivity index (χ2n) is 10.4. The summed E-state index contributed by atoms with van der Waals surface area (Å²) in [5, 5.41) is 21.3. The fourth-order valence-electron chi connectivity index (χ4n) is 7.91. The Labute approximate surface area is 161 Å². The van der Waals surface area contributed by atoms with Gasteiger partial charge >= 0.3 is 0 Å². The zero-order valence-electron chi connectivity index (χ0n) is 16.0. The van der Waals surface area contributed by atoms with Crippen molar-refractivity contribution in [2.24, 2.45) is 23.7 Å². The van der Waals surface area contributed by atoms with Crippen LogP contribution in [0.5, 0.6) is 11.5 Å². The molecule has 0 unspecified atom stereocenters. The smallest absolute Gasteiger partial charge is 0.134 e. The molecule has 1 aliphatic heterocycles. The van der Waals surface area contributed by atoms with Crippen molar-refractivity contribution >= 4 is 0 Å². The number of hydrogen-bond donors (Lipinski definition) is 2. The van der Waals surface area contributed by atoms with Gasteiger partial charge in [-0.2, -0.15) is 0 Å². The highest BCUT2D eigenvalue weighted by molar-refractivity contribution is 5.54. The van der Waals surface area contributed by atoms with Crippen molar-refractivity contribution in [3.05, 3.63) is 35.6 Å². The van der Waals surface area contributed by atoms with Gasteiger partial charge in [-0.25, -0.2) is 0 Å². The molecule has 0 amide bonds. The van der Waals surface area contributed by atoms with E-state index in [1.807, 2.05) is 0 Å². The van der Waals surface area contributed by atoms with Gasteiger partial charge in [0.15, 0.2) is 0 Å². The van der Waals surface area contributed by atoms with Crippen LogP contribution in [-0.4, -0.2) is 16.3 Å². The number of ether oxygens (including phenoxy) is 1.